The van der Waals surface area contributed by atoms with Crippen LogP contribution in [0.3, 0.4) is 0 Å². The number of hydrogen-bond acceptors (Lipinski definition) is 6. The minimum Gasteiger partial charge on any atom is -0.394 e. The van der Waals surface area contributed by atoms with Gasteiger partial charge in [-0.3, -0.25) is 0 Å². The number of benzene rings is 1. The normalized spacial score (nSPS) is 25.1. The molecule has 4 rings (SSSR count). The van der Waals surface area contributed by atoms with E-state index in [0.717, 1.165) is 57.0 Å². The van der Waals surface area contributed by atoms with E-state index in [2.05, 4.69) is 51.4 Å². The molecular formula is C22H30N4O2. The minimum absolute atomic E-state index is 0.125. The Bertz CT molecular complexity index is 767. The zero-order valence-electron chi connectivity index (χ0n) is 16.6. The molecule has 3 unspecified atom stereocenters. The van der Waals surface area contributed by atoms with Crippen molar-refractivity contribution in [2.75, 3.05) is 36.5 Å². The van der Waals surface area contributed by atoms with Gasteiger partial charge in [0, 0.05) is 31.7 Å². The molecule has 0 amide bonds. The van der Waals surface area contributed by atoms with Gasteiger partial charge in [0.25, 0.3) is 0 Å². The molecule has 0 aliphatic carbocycles. The molecule has 6 heteroatoms. The summed E-state index contributed by atoms with van der Waals surface area (Å²) < 4.78 is 6.13. The van der Waals surface area contributed by atoms with Gasteiger partial charge in [0.2, 0.25) is 0 Å². The Morgan fingerprint density at radius 2 is 2.04 bits per heavy atom. The number of hydrogen-bond donors (Lipinski definition) is 2. The van der Waals surface area contributed by atoms with Crippen molar-refractivity contribution >= 4 is 11.6 Å². The molecule has 3 heterocycles. The monoisotopic (exact) mass is 382 g/mol. The van der Waals surface area contributed by atoms with Crippen LogP contribution in [-0.2, 0) is 4.74 Å². The molecule has 0 saturated carbocycles. The molecule has 0 spiro atoms. The summed E-state index contributed by atoms with van der Waals surface area (Å²) >= 11 is 0. The van der Waals surface area contributed by atoms with E-state index in [9.17, 15) is 5.11 Å². The zero-order valence-corrected chi connectivity index (χ0v) is 16.6. The minimum atomic E-state index is 0.125. The molecule has 0 bridgehead atoms. The summed E-state index contributed by atoms with van der Waals surface area (Å²) in [5.41, 5.74) is 2.52. The van der Waals surface area contributed by atoms with Crippen LogP contribution in [0.5, 0.6) is 0 Å². The molecule has 2 saturated heterocycles. The van der Waals surface area contributed by atoms with Crippen LogP contribution in [0.15, 0.2) is 36.7 Å². The lowest BCUT2D eigenvalue weighted by Gasteiger charge is -2.32. The number of nitrogens with one attached hydrogen (secondary N) is 1. The lowest BCUT2D eigenvalue weighted by Crippen LogP contribution is -2.33. The Labute approximate surface area is 167 Å². The van der Waals surface area contributed by atoms with Gasteiger partial charge in [-0.05, 0) is 38.2 Å². The van der Waals surface area contributed by atoms with E-state index in [1.807, 2.05) is 6.07 Å². The summed E-state index contributed by atoms with van der Waals surface area (Å²) in [5, 5.41) is 13.1. The molecule has 2 N–H and O–H groups in total. The highest BCUT2D eigenvalue weighted by Crippen LogP contribution is 2.34. The Morgan fingerprint density at radius 1 is 1.18 bits per heavy atom. The van der Waals surface area contributed by atoms with Gasteiger partial charge in [0.15, 0.2) is 0 Å². The first-order valence-corrected chi connectivity index (χ1v) is 10.4. The molecule has 1 aromatic carbocycles. The highest BCUT2D eigenvalue weighted by molar-refractivity contribution is 5.50. The second-order valence-electron chi connectivity index (χ2n) is 7.92. The van der Waals surface area contributed by atoms with E-state index in [1.54, 1.807) is 6.33 Å². The van der Waals surface area contributed by atoms with Gasteiger partial charge in [-0.1, -0.05) is 29.8 Å². The molecule has 6 nitrogen and oxygen atoms in total. The van der Waals surface area contributed by atoms with Crippen molar-refractivity contribution < 1.29 is 9.84 Å². The number of ether oxygens (including phenoxy) is 1. The summed E-state index contributed by atoms with van der Waals surface area (Å²) in [5.74, 6) is 2.14. The topological polar surface area (TPSA) is 70.5 Å². The van der Waals surface area contributed by atoms with Crippen molar-refractivity contribution in [2.45, 2.75) is 44.8 Å². The fourth-order valence-electron chi connectivity index (χ4n) is 4.34. The number of aliphatic hydroxyl groups is 1. The van der Waals surface area contributed by atoms with E-state index < -0.39 is 0 Å². The molecule has 3 atom stereocenters. The molecule has 2 aromatic rings. The van der Waals surface area contributed by atoms with Crippen LogP contribution < -0.4 is 10.2 Å². The number of aromatic nitrogens is 2. The van der Waals surface area contributed by atoms with Crippen molar-refractivity contribution in [2.24, 2.45) is 5.92 Å². The van der Waals surface area contributed by atoms with Gasteiger partial charge in [0.1, 0.15) is 18.0 Å². The number of aryl methyl sites for hydroxylation is 1. The van der Waals surface area contributed by atoms with Gasteiger partial charge in [0.05, 0.1) is 18.8 Å². The van der Waals surface area contributed by atoms with Gasteiger partial charge >= 0.3 is 0 Å². The average Bonchev–Trinajstić information content (AvgIpc) is 3.22. The maximum absolute atomic E-state index is 9.58. The second kappa shape index (κ2) is 8.88. The predicted octanol–water partition coefficient (Wildman–Crippen LogP) is 3.33. The summed E-state index contributed by atoms with van der Waals surface area (Å²) in [6.45, 7) is 4.86. The van der Waals surface area contributed by atoms with Crippen molar-refractivity contribution in [1.29, 1.82) is 0 Å². The van der Waals surface area contributed by atoms with Crippen LogP contribution in [0.1, 0.15) is 42.9 Å². The fraction of sp³-hybridized carbons (Fsp3) is 0.545. The SMILES string of the molecule is Cc1ccc(C2OCCCC2CNc2cc(N3CCCC3CO)ncn2)cc1. The zero-order chi connectivity index (χ0) is 19.3. The van der Waals surface area contributed by atoms with Crippen LogP contribution in [0.2, 0.25) is 0 Å². The highest BCUT2D eigenvalue weighted by atomic mass is 16.5. The van der Waals surface area contributed by atoms with E-state index >= 15 is 0 Å². The largest absolute Gasteiger partial charge is 0.394 e. The summed E-state index contributed by atoms with van der Waals surface area (Å²) in [4.78, 5) is 11.0. The lowest BCUT2D eigenvalue weighted by atomic mass is 9.89. The van der Waals surface area contributed by atoms with Gasteiger partial charge in [-0.2, -0.15) is 0 Å². The third-order valence-corrected chi connectivity index (χ3v) is 5.93. The highest BCUT2D eigenvalue weighted by Gasteiger charge is 2.28. The maximum Gasteiger partial charge on any atom is 0.134 e. The number of nitrogens with zero attached hydrogens (tertiary/aromatic N) is 3. The molecule has 150 valence electrons. The molecule has 28 heavy (non-hydrogen) atoms. The van der Waals surface area contributed by atoms with Crippen LogP contribution in [0, 0.1) is 12.8 Å². The molecule has 2 aliphatic rings. The molecule has 2 fully saturated rings. The van der Waals surface area contributed by atoms with Crippen molar-refractivity contribution in [3.63, 3.8) is 0 Å². The molecule has 2 aliphatic heterocycles. The summed E-state index contributed by atoms with van der Waals surface area (Å²) in [7, 11) is 0. The van der Waals surface area contributed by atoms with Crippen molar-refractivity contribution in [3.8, 4) is 0 Å². The Hall–Kier alpha value is -2.18. The number of aliphatic hydroxyl groups excluding tert-OH is 1. The molecule has 1 aromatic heterocycles. The van der Waals surface area contributed by atoms with Gasteiger partial charge < -0.3 is 20.1 Å². The molecular weight excluding hydrogens is 352 g/mol. The van der Waals surface area contributed by atoms with Crippen molar-refractivity contribution in [1.82, 2.24) is 9.97 Å². The van der Waals surface area contributed by atoms with Crippen molar-refractivity contribution in [3.05, 3.63) is 47.8 Å². The maximum atomic E-state index is 9.58. The van der Waals surface area contributed by atoms with Crippen LogP contribution in [0.25, 0.3) is 0 Å². The summed E-state index contributed by atoms with van der Waals surface area (Å²) in [6.07, 6.45) is 6.08. The molecule has 0 radical (unpaired) electrons. The van der Waals surface area contributed by atoms with Gasteiger partial charge in [-0.25, -0.2) is 9.97 Å². The quantitative estimate of drug-likeness (QED) is 0.799. The third-order valence-electron chi connectivity index (χ3n) is 5.93. The fourth-order valence-corrected chi connectivity index (χ4v) is 4.34. The van der Waals surface area contributed by atoms with E-state index in [-0.39, 0.29) is 18.8 Å². The smallest absolute Gasteiger partial charge is 0.134 e. The van der Waals surface area contributed by atoms with E-state index in [0.29, 0.717) is 5.92 Å². The van der Waals surface area contributed by atoms with E-state index in [4.69, 9.17) is 4.74 Å². The van der Waals surface area contributed by atoms with Crippen LogP contribution in [0.4, 0.5) is 11.6 Å². The first-order valence-electron chi connectivity index (χ1n) is 10.4. The summed E-state index contributed by atoms with van der Waals surface area (Å²) in [6, 6.07) is 10.8. The number of rotatable bonds is 6. The standard InChI is InChI=1S/C22H30N4O2/c1-16-6-8-17(9-7-16)22-18(4-3-11-28-22)13-23-20-12-21(25-15-24-20)26-10-2-5-19(26)14-27/h6-9,12,15,18-19,22,27H,2-5,10-11,13-14H2,1H3,(H,23,24,25). The average molecular weight is 383 g/mol. The first-order chi connectivity index (χ1) is 13.7. The van der Waals surface area contributed by atoms with E-state index in [1.165, 1.54) is 11.1 Å². The third kappa shape index (κ3) is 4.28. The Morgan fingerprint density at radius 3 is 2.86 bits per heavy atom. The lowest BCUT2D eigenvalue weighted by molar-refractivity contribution is -0.0238. The van der Waals surface area contributed by atoms with Crippen LogP contribution in [-0.4, -0.2) is 47.4 Å². The first kappa shape index (κ1) is 19.2. The Kier molecular flexibility index (Phi) is 6.07. The van der Waals surface area contributed by atoms with Gasteiger partial charge in [-0.15, -0.1) is 0 Å². The second-order valence-corrected chi connectivity index (χ2v) is 7.92. The predicted molar refractivity (Wildman–Crippen MR) is 111 cm³/mol. The Balaban J connectivity index is 1.43. The van der Waals surface area contributed by atoms with Crippen LogP contribution >= 0.6 is 0 Å². The number of anilines is 2.